The van der Waals surface area contributed by atoms with Crippen LogP contribution in [-0.4, -0.2) is 69.1 Å². The molecule has 7 heteroatoms. The van der Waals surface area contributed by atoms with Gasteiger partial charge in [-0.05, 0) is 12.8 Å². The minimum absolute atomic E-state index is 0.0430. The van der Waals surface area contributed by atoms with Gasteiger partial charge in [0.15, 0.2) is 0 Å². The molecule has 1 heterocycles. The SMILES string of the molecule is CN(C)C(=O)C1CCN(S(=O)(=O)N(C)C)CC1. The van der Waals surface area contributed by atoms with E-state index in [4.69, 9.17) is 0 Å². The van der Waals surface area contributed by atoms with E-state index in [2.05, 4.69) is 0 Å². The molecular formula is C10H21N3O3S. The van der Waals surface area contributed by atoms with Gasteiger partial charge in [0.25, 0.3) is 10.2 Å². The van der Waals surface area contributed by atoms with Gasteiger partial charge in [0.05, 0.1) is 0 Å². The molecule has 100 valence electrons. The van der Waals surface area contributed by atoms with Crippen molar-refractivity contribution in [2.75, 3.05) is 41.3 Å². The van der Waals surface area contributed by atoms with Crippen molar-refractivity contribution in [3.8, 4) is 0 Å². The molecule has 0 bridgehead atoms. The maximum atomic E-state index is 11.9. The van der Waals surface area contributed by atoms with Crippen molar-refractivity contribution >= 4 is 16.1 Å². The van der Waals surface area contributed by atoms with Gasteiger partial charge in [-0.2, -0.15) is 17.0 Å². The van der Waals surface area contributed by atoms with E-state index in [1.807, 2.05) is 0 Å². The zero-order chi connectivity index (χ0) is 13.2. The number of carbonyl (C=O) groups excluding carboxylic acids is 1. The molecule has 17 heavy (non-hydrogen) atoms. The number of hydrogen-bond donors (Lipinski definition) is 0. The highest BCUT2D eigenvalue weighted by molar-refractivity contribution is 7.86. The first-order valence-electron chi connectivity index (χ1n) is 5.65. The molecule has 1 aliphatic heterocycles. The molecule has 0 saturated carbocycles. The maximum Gasteiger partial charge on any atom is 0.281 e. The van der Waals surface area contributed by atoms with Crippen LogP contribution in [0.15, 0.2) is 0 Å². The van der Waals surface area contributed by atoms with Gasteiger partial charge in [-0.15, -0.1) is 0 Å². The van der Waals surface area contributed by atoms with Crippen molar-refractivity contribution < 1.29 is 13.2 Å². The highest BCUT2D eigenvalue weighted by Gasteiger charge is 2.32. The van der Waals surface area contributed by atoms with Crippen molar-refractivity contribution in [3.63, 3.8) is 0 Å². The van der Waals surface area contributed by atoms with E-state index in [1.165, 1.54) is 22.7 Å². The lowest BCUT2D eigenvalue weighted by atomic mass is 9.97. The Morgan fingerprint density at radius 1 is 1.12 bits per heavy atom. The van der Waals surface area contributed by atoms with E-state index in [0.29, 0.717) is 25.9 Å². The molecule has 0 aliphatic carbocycles. The van der Waals surface area contributed by atoms with Crippen LogP contribution in [0, 0.1) is 5.92 Å². The third-order valence-corrected chi connectivity index (χ3v) is 4.97. The second-order valence-electron chi connectivity index (χ2n) is 4.70. The molecule has 0 N–H and O–H groups in total. The Morgan fingerprint density at radius 3 is 1.94 bits per heavy atom. The molecule has 0 atom stereocenters. The molecule has 1 aliphatic rings. The predicted octanol–water partition coefficient (Wildman–Crippen LogP) is -0.407. The van der Waals surface area contributed by atoms with Gasteiger partial charge in [0, 0.05) is 47.2 Å². The summed E-state index contributed by atoms with van der Waals surface area (Å²) >= 11 is 0. The third-order valence-electron chi connectivity index (χ3n) is 3.03. The van der Waals surface area contributed by atoms with Crippen LogP contribution < -0.4 is 0 Å². The summed E-state index contributed by atoms with van der Waals surface area (Å²) in [5, 5.41) is 0. The molecule has 1 saturated heterocycles. The van der Waals surface area contributed by atoms with Crippen LogP contribution in [0.5, 0.6) is 0 Å². The summed E-state index contributed by atoms with van der Waals surface area (Å²) in [6.45, 7) is 0.843. The van der Waals surface area contributed by atoms with Crippen LogP contribution in [-0.2, 0) is 15.0 Å². The normalized spacial score (nSPS) is 19.6. The van der Waals surface area contributed by atoms with Crippen LogP contribution in [0.4, 0.5) is 0 Å². The van der Waals surface area contributed by atoms with Crippen LogP contribution in [0.3, 0.4) is 0 Å². The first-order valence-corrected chi connectivity index (χ1v) is 7.05. The number of piperidine rings is 1. The smallest absolute Gasteiger partial charge is 0.281 e. The standard InChI is InChI=1S/C10H21N3O3S/c1-11(2)10(14)9-5-7-13(8-6-9)17(15,16)12(3)4/h9H,5-8H2,1-4H3. The van der Waals surface area contributed by atoms with Crippen LogP contribution in [0.1, 0.15) is 12.8 Å². The van der Waals surface area contributed by atoms with Gasteiger partial charge < -0.3 is 4.90 Å². The highest BCUT2D eigenvalue weighted by Crippen LogP contribution is 2.21. The van der Waals surface area contributed by atoms with Crippen molar-refractivity contribution in [2.24, 2.45) is 5.92 Å². The molecule has 0 aromatic rings. The summed E-state index contributed by atoms with van der Waals surface area (Å²) in [7, 11) is 3.17. The molecule has 0 aromatic heterocycles. The number of amides is 1. The second-order valence-corrected chi connectivity index (χ2v) is 6.84. The Bertz CT molecular complexity index is 370. The predicted molar refractivity (Wildman–Crippen MR) is 65.6 cm³/mol. The number of nitrogens with zero attached hydrogens (tertiary/aromatic N) is 3. The summed E-state index contributed by atoms with van der Waals surface area (Å²) < 4.78 is 26.4. The van der Waals surface area contributed by atoms with Gasteiger partial charge in [-0.1, -0.05) is 0 Å². The van der Waals surface area contributed by atoms with E-state index in [1.54, 1.807) is 19.0 Å². The number of hydrogen-bond acceptors (Lipinski definition) is 3. The molecule has 0 aromatic carbocycles. The number of rotatable bonds is 3. The molecule has 1 fully saturated rings. The lowest BCUT2D eigenvalue weighted by Gasteiger charge is -2.33. The monoisotopic (exact) mass is 263 g/mol. The fourth-order valence-electron chi connectivity index (χ4n) is 1.93. The maximum absolute atomic E-state index is 11.9. The molecule has 1 rings (SSSR count). The molecule has 0 radical (unpaired) electrons. The largest absolute Gasteiger partial charge is 0.349 e. The molecular weight excluding hydrogens is 242 g/mol. The van der Waals surface area contributed by atoms with E-state index >= 15 is 0 Å². The molecule has 0 spiro atoms. The van der Waals surface area contributed by atoms with Crippen LogP contribution >= 0.6 is 0 Å². The van der Waals surface area contributed by atoms with Gasteiger partial charge in [-0.25, -0.2) is 0 Å². The van der Waals surface area contributed by atoms with Crippen molar-refractivity contribution in [1.29, 1.82) is 0 Å². The van der Waals surface area contributed by atoms with Gasteiger partial charge in [-0.3, -0.25) is 4.79 Å². The molecule has 6 nitrogen and oxygen atoms in total. The average Bonchev–Trinajstić information content (AvgIpc) is 2.27. The van der Waals surface area contributed by atoms with Crippen molar-refractivity contribution in [2.45, 2.75) is 12.8 Å². The first-order chi connectivity index (χ1) is 7.76. The fourth-order valence-corrected chi connectivity index (χ4v) is 3.06. The summed E-state index contributed by atoms with van der Waals surface area (Å²) in [5.74, 6) is 0.0468. The topological polar surface area (TPSA) is 60.9 Å². The fraction of sp³-hybridized carbons (Fsp3) is 0.900. The molecule has 1 amide bonds. The van der Waals surface area contributed by atoms with Crippen molar-refractivity contribution in [3.05, 3.63) is 0 Å². The van der Waals surface area contributed by atoms with E-state index < -0.39 is 10.2 Å². The summed E-state index contributed by atoms with van der Waals surface area (Å²) in [4.78, 5) is 13.3. The number of carbonyl (C=O) groups is 1. The van der Waals surface area contributed by atoms with Gasteiger partial charge >= 0.3 is 0 Å². The summed E-state index contributed by atoms with van der Waals surface area (Å²) in [5.41, 5.74) is 0. The second kappa shape index (κ2) is 5.32. The zero-order valence-corrected chi connectivity index (χ0v) is 11.7. The summed E-state index contributed by atoms with van der Waals surface area (Å²) in [6.07, 6.45) is 1.20. The van der Waals surface area contributed by atoms with E-state index in [0.717, 1.165) is 0 Å². The highest BCUT2D eigenvalue weighted by atomic mass is 32.2. The van der Waals surface area contributed by atoms with Crippen molar-refractivity contribution in [1.82, 2.24) is 13.5 Å². The average molecular weight is 263 g/mol. The van der Waals surface area contributed by atoms with Gasteiger partial charge in [0.1, 0.15) is 0 Å². The zero-order valence-electron chi connectivity index (χ0n) is 10.9. The molecule has 0 unspecified atom stereocenters. The minimum Gasteiger partial charge on any atom is -0.349 e. The van der Waals surface area contributed by atoms with Gasteiger partial charge in [0.2, 0.25) is 5.91 Å². The minimum atomic E-state index is -3.33. The van der Waals surface area contributed by atoms with Crippen LogP contribution in [0.25, 0.3) is 0 Å². The van der Waals surface area contributed by atoms with Crippen LogP contribution in [0.2, 0.25) is 0 Å². The first kappa shape index (κ1) is 14.4. The quantitative estimate of drug-likeness (QED) is 0.695. The van der Waals surface area contributed by atoms with E-state index in [9.17, 15) is 13.2 Å². The summed E-state index contributed by atoms with van der Waals surface area (Å²) in [6, 6.07) is 0. The Balaban J connectivity index is 2.61. The Labute approximate surface area is 103 Å². The third kappa shape index (κ3) is 3.17. The Kier molecular flexibility index (Phi) is 4.51. The lowest BCUT2D eigenvalue weighted by Crippen LogP contribution is -2.46. The Morgan fingerprint density at radius 2 is 1.59 bits per heavy atom. The Hall–Kier alpha value is -0.660. The van der Waals surface area contributed by atoms with E-state index in [-0.39, 0.29) is 11.8 Å². The lowest BCUT2D eigenvalue weighted by molar-refractivity contribution is -0.134.